The van der Waals surface area contributed by atoms with Gasteiger partial charge in [0.1, 0.15) is 18.1 Å². The second-order valence-electron chi connectivity index (χ2n) is 8.48. The Labute approximate surface area is 210 Å². The second-order valence-corrected chi connectivity index (χ2v) is 10.7. The molecule has 0 fully saturated rings. The highest BCUT2D eigenvalue weighted by Crippen LogP contribution is 2.37. The first-order chi connectivity index (χ1) is 16.6. The molecule has 1 heterocycles. The van der Waals surface area contributed by atoms with Crippen LogP contribution in [-0.2, 0) is 14.8 Å². The number of fused-ring (bicyclic) bond motifs is 1. The first-order valence-electron chi connectivity index (χ1n) is 11.2. The van der Waals surface area contributed by atoms with E-state index in [1.54, 1.807) is 48.5 Å². The van der Waals surface area contributed by atoms with Crippen molar-refractivity contribution in [1.82, 2.24) is 5.32 Å². The quantitative estimate of drug-likeness (QED) is 0.472. The molecule has 0 radical (unpaired) electrons. The molecule has 1 aliphatic heterocycles. The predicted octanol–water partition coefficient (Wildman–Crippen LogP) is 4.42. The minimum absolute atomic E-state index is 0.146. The second kappa shape index (κ2) is 10.2. The number of aryl methyl sites for hydroxylation is 3. The molecule has 3 aromatic rings. The molecule has 0 bridgehead atoms. The van der Waals surface area contributed by atoms with Crippen molar-refractivity contribution in [2.75, 3.05) is 24.0 Å². The SMILES string of the molecule is Cc1ccc(S(=O)(=O)N2C[C@@H](C(=O)NCCOc3ccc(C)c(Cl)c3)Oc3ccc(C)cc32)cc1. The fourth-order valence-electron chi connectivity index (χ4n) is 3.68. The molecule has 4 rings (SSSR count). The van der Waals surface area contributed by atoms with E-state index in [9.17, 15) is 13.2 Å². The number of benzene rings is 3. The van der Waals surface area contributed by atoms with E-state index in [-0.39, 0.29) is 24.6 Å². The fourth-order valence-corrected chi connectivity index (χ4v) is 5.32. The van der Waals surface area contributed by atoms with Gasteiger partial charge in [-0.15, -0.1) is 0 Å². The third kappa shape index (κ3) is 5.55. The van der Waals surface area contributed by atoms with Crippen molar-refractivity contribution in [3.05, 3.63) is 82.4 Å². The Morgan fingerprint density at radius 1 is 1.06 bits per heavy atom. The summed E-state index contributed by atoms with van der Waals surface area (Å²) >= 11 is 6.11. The third-order valence-corrected chi connectivity index (χ3v) is 7.90. The molecule has 0 spiro atoms. The number of nitrogens with one attached hydrogen (secondary N) is 1. The number of sulfonamides is 1. The Bertz CT molecular complexity index is 1340. The standard InChI is InChI=1S/C26H27ClN2O5S/c1-17-4-9-21(10-5-17)35(31,32)29-16-25(34-24-11-6-18(2)14-23(24)29)26(30)28-12-13-33-20-8-7-19(3)22(27)15-20/h4-11,14-15,25H,12-13,16H2,1-3H3,(H,28,30)/t25-/m0/s1. The predicted molar refractivity (Wildman–Crippen MR) is 136 cm³/mol. The summed E-state index contributed by atoms with van der Waals surface area (Å²) in [5.41, 5.74) is 3.19. The van der Waals surface area contributed by atoms with Gasteiger partial charge in [0.25, 0.3) is 15.9 Å². The zero-order valence-electron chi connectivity index (χ0n) is 19.7. The maximum Gasteiger partial charge on any atom is 0.264 e. The molecule has 184 valence electrons. The van der Waals surface area contributed by atoms with E-state index >= 15 is 0 Å². The van der Waals surface area contributed by atoms with E-state index in [2.05, 4.69) is 5.32 Å². The van der Waals surface area contributed by atoms with Gasteiger partial charge in [-0.05, 0) is 68.3 Å². The summed E-state index contributed by atoms with van der Waals surface area (Å²) < 4.78 is 39.8. The van der Waals surface area contributed by atoms with Crippen LogP contribution < -0.4 is 19.1 Å². The van der Waals surface area contributed by atoms with Crippen molar-refractivity contribution in [2.24, 2.45) is 0 Å². The number of anilines is 1. The first-order valence-corrected chi connectivity index (χ1v) is 13.0. The lowest BCUT2D eigenvalue weighted by Crippen LogP contribution is -2.51. The van der Waals surface area contributed by atoms with Crippen LogP contribution in [0.5, 0.6) is 11.5 Å². The molecule has 0 aromatic heterocycles. The number of hydrogen-bond donors (Lipinski definition) is 1. The zero-order chi connectivity index (χ0) is 25.2. The molecule has 7 nitrogen and oxygen atoms in total. The number of carbonyl (C=O) groups excluding carboxylic acids is 1. The Hall–Kier alpha value is -3.23. The molecule has 9 heteroatoms. The highest BCUT2D eigenvalue weighted by molar-refractivity contribution is 7.92. The van der Waals surface area contributed by atoms with Gasteiger partial charge in [-0.25, -0.2) is 8.42 Å². The van der Waals surface area contributed by atoms with Gasteiger partial charge in [0, 0.05) is 5.02 Å². The average Bonchev–Trinajstić information content (AvgIpc) is 2.83. The lowest BCUT2D eigenvalue weighted by molar-refractivity contribution is -0.127. The van der Waals surface area contributed by atoms with Crippen molar-refractivity contribution >= 4 is 33.2 Å². The molecule has 1 N–H and O–H groups in total. The lowest BCUT2D eigenvalue weighted by atomic mass is 10.1. The monoisotopic (exact) mass is 514 g/mol. The maximum absolute atomic E-state index is 13.5. The minimum Gasteiger partial charge on any atom is -0.492 e. The van der Waals surface area contributed by atoms with E-state index in [1.807, 2.05) is 32.9 Å². The Morgan fingerprint density at radius 2 is 1.77 bits per heavy atom. The summed E-state index contributed by atoms with van der Waals surface area (Å²) in [7, 11) is -3.91. The zero-order valence-corrected chi connectivity index (χ0v) is 21.3. The van der Waals surface area contributed by atoms with Crippen molar-refractivity contribution in [1.29, 1.82) is 0 Å². The highest BCUT2D eigenvalue weighted by Gasteiger charge is 2.37. The number of amides is 1. The van der Waals surface area contributed by atoms with Crippen LogP contribution in [0.25, 0.3) is 0 Å². The number of hydrogen-bond acceptors (Lipinski definition) is 5. The lowest BCUT2D eigenvalue weighted by Gasteiger charge is -2.35. The Kier molecular flexibility index (Phi) is 7.23. The van der Waals surface area contributed by atoms with Gasteiger partial charge in [0.05, 0.1) is 23.7 Å². The first kappa shape index (κ1) is 24.9. The molecule has 1 amide bonds. The summed E-state index contributed by atoms with van der Waals surface area (Å²) in [6.07, 6.45) is -1.01. The minimum atomic E-state index is -3.91. The summed E-state index contributed by atoms with van der Waals surface area (Å²) in [6.45, 7) is 5.96. The molecule has 3 aromatic carbocycles. The van der Waals surface area contributed by atoms with Gasteiger partial charge in [0.15, 0.2) is 6.10 Å². The van der Waals surface area contributed by atoms with Crippen molar-refractivity contribution in [3.8, 4) is 11.5 Å². The van der Waals surface area contributed by atoms with E-state index < -0.39 is 22.0 Å². The Balaban J connectivity index is 1.48. The van der Waals surface area contributed by atoms with Crippen LogP contribution in [-0.4, -0.2) is 40.1 Å². The fraction of sp³-hybridized carbons (Fsp3) is 0.269. The summed E-state index contributed by atoms with van der Waals surface area (Å²) in [4.78, 5) is 13.1. The maximum atomic E-state index is 13.5. The number of nitrogens with zero attached hydrogens (tertiary/aromatic N) is 1. The van der Waals surface area contributed by atoms with Crippen LogP contribution in [0, 0.1) is 20.8 Å². The van der Waals surface area contributed by atoms with Gasteiger partial charge < -0.3 is 14.8 Å². The Morgan fingerprint density at radius 3 is 2.49 bits per heavy atom. The summed E-state index contributed by atoms with van der Waals surface area (Å²) in [5.74, 6) is 0.512. The van der Waals surface area contributed by atoms with Crippen molar-refractivity contribution in [2.45, 2.75) is 31.8 Å². The number of ether oxygens (including phenoxy) is 2. The summed E-state index contributed by atoms with van der Waals surface area (Å²) in [6, 6.07) is 17.3. The molecule has 0 aliphatic carbocycles. The van der Waals surface area contributed by atoms with E-state index in [0.29, 0.717) is 22.2 Å². The van der Waals surface area contributed by atoms with Gasteiger partial charge >= 0.3 is 0 Å². The molecule has 1 aliphatic rings. The van der Waals surface area contributed by atoms with Gasteiger partial charge in [0.2, 0.25) is 0 Å². The van der Waals surface area contributed by atoms with Crippen LogP contribution in [0.1, 0.15) is 16.7 Å². The largest absolute Gasteiger partial charge is 0.492 e. The van der Waals surface area contributed by atoms with Crippen molar-refractivity contribution in [3.63, 3.8) is 0 Å². The van der Waals surface area contributed by atoms with E-state index in [4.69, 9.17) is 21.1 Å². The summed E-state index contributed by atoms with van der Waals surface area (Å²) in [5, 5.41) is 3.37. The number of rotatable bonds is 7. The number of carbonyl (C=O) groups is 1. The van der Waals surface area contributed by atoms with E-state index in [1.165, 1.54) is 4.31 Å². The molecule has 0 saturated heterocycles. The van der Waals surface area contributed by atoms with Gasteiger partial charge in [-0.3, -0.25) is 9.10 Å². The smallest absolute Gasteiger partial charge is 0.264 e. The third-order valence-electron chi connectivity index (χ3n) is 5.70. The molecule has 0 saturated carbocycles. The van der Waals surface area contributed by atoms with Gasteiger partial charge in [-0.2, -0.15) is 0 Å². The molecular weight excluding hydrogens is 488 g/mol. The van der Waals surface area contributed by atoms with Crippen LogP contribution in [0.15, 0.2) is 65.6 Å². The van der Waals surface area contributed by atoms with Crippen LogP contribution >= 0.6 is 11.6 Å². The van der Waals surface area contributed by atoms with Crippen LogP contribution in [0.4, 0.5) is 5.69 Å². The van der Waals surface area contributed by atoms with E-state index in [0.717, 1.165) is 16.7 Å². The normalized spacial score (nSPS) is 15.2. The molecular formula is C26H27ClN2O5S. The molecule has 1 atom stereocenters. The van der Waals surface area contributed by atoms with Crippen molar-refractivity contribution < 1.29 is 22.7 Å². The number of halogens is 1. The van der Waals surface area contributed by atoms with Crippen LogP contribution in [0.3, 0.4) is 0 Å². The molecule has 35 heavy (non-hydrogen) atoms. The topological polar surface area (TPSA) is 84.9 Å². The molecule has 0 unspecified atom stereocenters. The highest BCUT2D eigenvalue weighted by atomic mass is 35.5. The van der Waals surface area contributed by atoms with Crippen LogP contribution in [0.2, 0.25) is 5.02 Å². The van der Waals surface area contributed by atoms with Gasteiger partial charge in [-0.1, -0.05) is 41.4 Å². The average molecular weight is 515 g/mol.